The summed E-state index contributed by atoms with van der Waals surface area (Å²) in [6.45, 7) is 1.10. The Morgan fingerprint density at radius 2 is 2.00 bits per heavy atom. The van der Waals surface area contributed by atoms with Crippen LogP contribution >= 0.6 is 11.6 Å². The Morgan fingerprint density at radius 1 is 1.20 bits per heavy atom. The van der Waals surface area contributed by atoms with E-state index in [0.717, 1.165) is 17.0 Å². The molecule has 2 amide bonds. The van der Waals surface area contributed by atoms with Gasteiger partial charge in [-0.25, -0.2) is 0 Å². The van der Waals surface area contributed by atoms with Crippen molar-refractivity contribution in [3.8, 4) is 5.75 Å². The fraction of sp³-hybridized carbons (Fsp3) is 0.263. The molecule has 5 nitrogen and oxygen atoms in total. The maximum atomic E-state index is 12.7. The van der Waals surface area contributed by atoms with E-state index in [1.165, 1.54) is 0 Å². The number of benzene rings is 2. The topological polar surface area (TPSA) is 72.6 Å². The standard InChI is InChI=1S/C19H19ClN2O3/c20-17-7-2-1-6-16(17)14-8-9-22(11-14)19(24)13-4-3-5-15(10-13)25-12-18(21)23/h1-7,10,14H,8-9,11-12H2,(H2,21,23). The molecule has 3 rings (SSSR count). The summed E-state index contributed by atoms with van der Waals surface area (Å²) in [5.74, 6) is 0.0800. The van der Waals surface area contributed by atoms with Crippen molar-refractivity contribution in [2.75, 3.05) is 19.7 Å². The van der Waals surface area contributed by atoms with Crippen LogP contribution in [-0.2, 0) is 4.79 Å². The van der Waals surface area contributed by atoms with Crippen molar-refractivity contribution in [1.29, 1.82) is 0 Å². The van der Waals surface area contributed by atoms with E-state index in [2.05, 4.69) is 0 Å². The van der Waals surface area contributed by atoms with Crippen molar-refractivity contribution in [3.63, 3.8) is 0 Å². The predicted octanol–water partition coefficient (Wildman–Crippen LogP) is 2.83. The van der Waals surface area contributed by atoms with Gasteiger partial charge in [-0.2, -0.15) is 0 Å². The maximum Gasteiger partial charge on any atom is 0.255 e. The normalized spacial score (nSPS) is 16.7. The van der Waals surface area contributed by atoms with Crippen LogP contribution in [0.1, 0.15) is 28.3 Å². The fourth-order valence-corrected chi connectivity index (χ4v) is 3.35. The van der Waals surface area contributed by atoms with E-state index in [0.29, 0.717) is 24.4 Å². The van der Waals surface area contributed by atoms with Crippen LogP contribution in [0.5, 0.6) is 5.75 Å². The number of hydrogen-bond donors (Lipinski definition) is 1. The van der Waals surface area contributed by atoms with Gasteiger partial charge in [-0.15, -0.1) is 0 Å². The first-order chi connectivity index (χ1) is 12.0. The van der Waals surface area contributed by atoms with Gasteiger partial charge in [0, 0.05) is 29.6 Å². The number of amides is 2. The lowest BCUT2D eigenvalue weighted by Gasteiger charge is -2.17. The van der Waals surface area contributed by atoms with Crippen LogP contribution in [0.3, 0.4) is 0 Å². The Balaban J connectivity index is 1.69. The van der Waals surface area contributed by atoms with E-state index in [1.54, 1.807) is 24.3 Å². The molecule has 0 aromatic heterocycles. The highest BCUT2D eigenvalue weighted by atomic mass is 35.5. The molecule has 25 heavy (non-hydrogen) atoms. The Labute approximate surface area is 151 Å². The smallest absolute Gasteiger partial charge is 0.255 e. The number of carbonyl (C=O) groups is 2. The first-order valence-corrected chi connectivity index (χ1v) is 8.47. The van der Waals surface area contributed by atoms with Crippen LogP contribution in [0.2, 0.25) is 5.02 Å². The SMILES string of the molecule is NC(=O)COc1cccc(C(=O)N2CCC(c3ccccc3Cl)C2)c1. The summed E-state index contributed by atoms with van der Waals surface area (Å²) in [5.41, 5.74) is 6.68. The van der Waals surface area contributed by atoms with Crippen molar-refractivity contribution in [2.45, 2.75) is 12.3 Å². The molecule has 1 unspecified atom stereocenters. The zero-order valence-corrected chi connectivity index (χ0v) is 14.4. The first-order valence-electron chi connectivity index (χ1n) is 8.09. The van der Waals surface area contributed by atoms with E-state index in [9.17, 15) is 9.59 Å². The van der Waals surface area contributed by atoms with Crippen LogP contribution < -0.4 is 10.5 Å². The monoisotopic (exact) mass is 358 g/mol. The number of likely N-dealkylation sites (tertiary alicyclic amines) is 1. The van der Waals surface area contributed by atoms with Crippen LogP contribution in [0.4, 0.5) is 0 Å². The van der Waals surface area contributed by atoms with E-state index < -0.39 is 5.91 Å². The minimum absolute atomic E-state index is 0.0564. The van der Waals surface area contributed by atoms with Gasteiger partial charge < -0.3 is 15.4 Å². The zero-order valence-electron chi connectivity index (χ0n) is 13.7. The third kappa shape index (κ3) is 4.12. The molecule has 1 saturated heterocycles. The van der Waals surface area contributed by atoms with E-state index in [-0.39, 0.29) is 18.4 Å². The summed E-state index contributed by atoms with van der Waals surface area (Å²) in [4.78, 5) is 25.4. The quantitative estimate of drug-likeness (QED) is 0.893. The lowest BCUT2D eigenvalue weighted by atomic mass is 9.98. The average Bonchev–Trinajstić information content (AvgIpc) is 3.10. The van der Waals surface area contributed by atoms with Crippen LogP contribution in [0.25, 0.3) is 0 Å². The molecule has 1 atom stereocenters. The second-order valence-electron chi connectivity index (χ2n) is 6.04. The van der Waals surface area contributed by atoms with Gasteiger partial charge >= 0.3 is 0 Å². The molecule has 0 bridgehead atoms. The summed E-state index contributed by atoms with van der Waals surface area (Å²) in [6, 6.07) is 14.5. The number of nitrogens with two attached hydrogens (primary N) is 1. The molecule has 1 aliphatic rings. The van der Waals surface area contributed by atoms with Gasteiger partial charge in [-0.1, -0.05) is 35.9 Å². The minimum atomic E-state index is -0.557. The third-order valence-corrected chi connectivity index (χ3v) is 4.63. The van der Waals surface area contributed by atoms with Gasteiger partial charge in [0.05, 0.1) is 0 Å². The molecule has 2 aromatic rings. The lowest BCUT2D eigenvalue weighted by Crippen LogP contribution is -2.28. The molecule has 0 aliphatic carbocycles. The Morgan fingerprint density at radius 3 is 2.76 bits per heavy atom. The molecule has 0 saturated carbocycles. The van der Waals surface area contributed by atoms with Gasteiger partial charge in [0.15, 0.2) is 6.61 Å². The Hall–Kier alpha value is -2.53. The maximum absolute atomic E-state index is 12.7. The predicted molar refractivity (Wildman–Crippen MR) is 95.8 cm³/mol. The lowest BCUT2D eigenvalue weighted by molar-refractivity contribution is -0.119. The summed E-state index contributed by atoms with van der Waals surface area (Å²) >= 11 is 6.27. The highest BCUT2D eigenvalue weighted by molar-refractivity contribution is 6.31. The van der Waals surface area contributed by atoms with Crippen molar-refractivity contribution < 1.29 is 14.3 Å². The molecule has 1 fully saturated rings. The first kappa shape index (κ1) is 17.3. The molecule has 2 aromatic carbocycles. The molecule has 6 heteroatoms. The molecule has 0 spiro atoms. The summed E-state index contributed by atoms with van der Waals surface area (Å²) < 4.78 is 5.26. The van der Waals surface area contributed by atoms with Crippen molar-refractivity contribution in [1.82, 2.24) is 4.90 Å². The summed E-state index contributed by atoms with van der Waals surface area (Å²) in [7, 11) is 0. The Kier molecular flexibility index (Phi) is 5.24. The third-order valence-electron chi connectivity index (χ3n) is 4.28. The molecular weight excluding hydrogens is 340 g/mol. The highest BCUT2D eigenvalue weighted by Gasteiger charge is 2.29. The highest BCUT2D eigenvalue weighted by Crippen LogP contribution is 2.32. The van der Waals surface area contributed by atoms with Gasteiger partial charge in [-0.3, -0.25) is 9.59 Å². The van der Waals surface area contributed by atoms with Crippen LogP contribution in [0.15, 0.2) is 48.5 Å². The number of nitrogens with zero attached hydrogens (tertiary/aromatic N) is 1. The van der Waals surface area contributed by atoms with Gasteiger partial charge in [0.1, 0.15) is 5.75 Å². The minimum Gasteiger partial charge on any atom is -0.484 e. The largest absolute Gasteiger partial charge is 0.484 e. The second-order valence-corrected chi connectivity index (χ2v) is 6.45. The molecule has 0 radical (unpaired) electrons. The summed E-state index contributed by atoms with van der Waals surface area (Å²) in [5, 5.41) is 0.739. The van der Waals surface area contributed by atoms with E-state index >= 15 is 0 Å². The number of rotatable bonds is 5. The van der Waals surface area contributed by atoms with Gasteiger partial charge in [0.25, 0.3) is 11.8 Å². The van der Waals surface area contributed by atoms with Crippen molar-refractivity contribution in [3.05, 3.63) is 64.7 Å². The van der Waals surface area contributed by atoms with Crippen molar-refractivity contribution in [2.24, 2.45) is 5.73 Å². The number of carbonyl (C=O) groups excluding carboxylic acids is 2. The second kappa shape index (κ2) is 7.57. The molecular formula is C19H19ClN2O3. The zero-order chi connectivity index (χ0) is 17.8. The van der Waals surface area contributed by atoms with Gasteiger partial charge in [0.2, 0.25) is 0 Å². The number of halogens is 1. The number of primary amides is 1. The molecule has 1 heterocycles. The van der Waals surface area contributed by atoms with Crippen molar-refractivity contribution >= 4 is 23.4 Å². The van der Waals surface area contributed by atoms with Crippen LogP contribution in [0, 0.1) is 0 Å². The van der Waals surface area contributed by atoms with E-state index in [1.807, 2.05) is 29.2 Å². The number of hydrogen-bond acceptors (Lipinski definition) is 3. The fourth-order valence-electron chi connectivity index (χ4n) is 3.06. The number of ether oxygens (including phenoxy) is 1. The molecule has 1 aliphatic heterocycles. The molecule has 2 N–H and O–H groups in total. The van der Waals surface area contributed by atoms with Crippen LogP contribution in [-0.4, -0.2) is 36.4 Å². The Bertz CT molecular complexity index is 794. The molecule has 130 valence electrons. The van der Waals surface area contributed by atoms with Gasteiger partial charge in [-0.05, 0) is 36.2 Å². The van der Waals surface area contributed by atoms with E-state index in [4.69, 9.17) is 22.1 Å². The average molecular weight is 359 g/mol. The summed E-state index contributed by atoms with van der Waals surface area (Å²) in [6.07, 6.45) is 0.882.